The Morgan fingerprint density at radius 1 is 1.27 bits per heavy atom. The number of Topliss-reactive ketones (excluding diaryl/α,β-unsaturated/α-hetero) is 1. The van der Waals surface area contributed by atoms with Gasteiger partial charge < -0.3 is 25.6 Å². The highest BCUT2D eigenvalue weighted by Crippen LogP contribution is 2.23. The number of carbonyl (C=O) groups excluding carboxylic acids is 2. The molecule has 0 aliphatic carbocycles. The van der Waals surface area contributed by atoms with Crippen molar-refractivity contribution in [2.45, 2.75) is 25.7 Å². The van der Waals surface area contributed by atoms with Crippen molar-refractivity contribution in [2.24, 2.45) is 0 Å². The van der Waals surface area contributed by atoms with Gasteiger partial charge in [-0.1, -0.05) is 19.1 Å². The number of aromatic carboxylic acids is 1. The van der Waals surface area contributed by atoms with E-state index in [4.69, 9.17) is 5.11 Å². The van der Waals surface area contributed by atoms with Gasteiger partial charge in [0.05, 0.1) is 5.94 Å². The molecule has 1 aromatic carbocycles. The van der Waals surface area contributed by atoms with Gasteiger partial charge in [-0.2, -0.15) is 0 Å². The van der Waals surface area contributed by atoms with Crippen molar-refractivity contribution in [2.75, 3.05) is 0 Å². The molecule has 0 bridgehead atoms. The van der Waals surface area contributed by atoms with Crippen LogP contribution in [0.2, 0.25) is 0 Å². The third-order valence-corrected chi connectivity index (χ3v) is 3.04. The fourth-order valence-electron chi connectivity index (χ4n) is 1.81. The van der Waals surface area contributed by atoms with Gasteiger partial charge in [-0.15, -0.1) is 0 Å². The molecule has 0 spiro atoms. The predicted octanol–water partition coefficient (Wildman–Crippen LogP) is -0.891. The molecular formula is C13H16BNO7. The van der Waals surface area contributed by atoms with E-state index in [0.29, 0.717) is 0 Å². The molecule has 9 heteroatoms. The lowest BCUT2D eigenvalue weighted by Crippen LogP contribution is -2.49. The number of nitrogens with one attached hydrogen (secondary N) is 1. The molecule has 0 heterocycles. The zero-order chi connectivity index (χ0) is 16.9. The van der Waals surface area contributed by atoms with E-state index >= 15 is 0 Å². The van der Waals surface area contributed by atoms with Crippen molar-refractivity contribution in [1.29, 1.82) is 0 Å². The maximum absolute atomic E-state index is 11.5. The van der Waals surface area contributed by atoms with Crippen molar-refractivity contribution in [1.82, 2.24) is 5.32 Å². The highest BCUT2D eigenvalue weighted by molar-refractivity contribution is 6.45. The van der Waals surface area contributed by atoms with E-state index in [1.165, 1.54) is 25.1 Å². The molecule has 0 aliphatic rings. The first-order valence-corrected chi connectivity index (χ1v) is 6.51. The summed E-state index contributed by atoms with van der Waals surface area (Å²) < 4.78 is 0. The van der Waals surface area contributed by atoms with Crippen molar-refractivity contribution in [3.8, 4) is 5.75 Å². The SMILES string of the molecule is CCC(=O)C(=O)N[C@@H](Cc1cccc(C(=O)O)c1O)B(O)O. The van der Waals surface area contributed by atoms with Gasteiger partial charge in [0.25, 0.3) is 5.91 Å². The molecule has 1 amide bonds. The molecule has 5 N–H and O–H groups in total. The number of carboxylic acids is 1. The number of carboxylic acid groups (broad SMARTS) is 1. The molecule has 0 saturated carbocycles. The lowest BCUT2D eigenvalue weighted by molar-refractivity contribution is -0.137. The van der Waals surface area contributed by atoms with Crippen LogP contribution in [0, 0.1) is 0 Å². The average Bonchev–Trinajstić information content (AvgIpc) is 2.46. The second kappa shape index (κ2) is 7.57. The molecular weight excluding hydrogens is 293 g/mol. The predicted molar refractivity (Wildman–Crippen MR) is 76.2 cm³/mol. The monoisotopic (exact) mass is 309 g/mol. The number of aromatic hydroxyl groups is 1. The van der Waals surface area contributed by atoms with Crippen LogP contribution in [0.15, 0.2) is 18.2 Å². The molecule has 118 valence electrons. The number of ketones is 1. The molecule has 1 rings (SSSR count). The minimum absolute atomic E-state index is 0.0418. The number of hydrogen-bond acceptors (Lipinski definition) is 6. The van der Waals surface area contributed by atoms with E-state index in [9.17, 15) is 29.5 Å². The minimum Gasteiger partial charge on any atom is -0.507 e. The number of carbonyl (C=O) groups is 3. The maximum Gasteiger partial charge on any atom is 0.475 e. The molecule has 1 atom stereocenters. The standard InChI is InChI=1S/C13H16BNO7/c1-2-9(16)12(18)15-10(14(21)22)6-7-4-3-5-8(11(7)17)13(19)20/h3-5,10,17,21-22H,2,6H2,1H3,(H,15,18)(H,19,20)/t10-/m0/s1. The van der Waals surface area contributed by atoms with Gasteiger partial charge in [-0.3, -0.25) is 9.59 Å². The molecule has 0 fully saturated rings. The third kappa shape index (κ3) is 4.30. The van der Waals surface area contributed by atoms with Crippen LogP contribution in [0.4, 0.5) is 0 Å². The van der Waals surface area contributed by atoms with Crippen LogP contribution < -0.4 is 5.32 Å². The van der Waals surface area contributed by atoms with Crippen LogP contribution in [0.3, 0.4) is 0 Å². The Morgan fingerprint density at radius 3 is 2.41 bits per heavy atom. The summed E-state index contributed by atoms with van der Waals surface area (Å²) in [5.74, 6) is -4.84. The molecule has 0 saturated heterocycles. The molecule has 0 radical (unpaired) electrons. The van der Waals surface area contributed by atoms with Crippen molar-refractivity contribution in [3.05, 3.63) is 29.3 Å². The summed E-state index contributed by atoms with van der Waals surface area (Å²) in [5.41, 5.74) is -0.248. The Bertz CT molecular complexity index is 588. The minimum atomic E-state index is -1.98. The summed E-state index contributed by atoms with van der Waals surface area (Å²) in [4.78, 5) is 33.7. The van der Waals surface area contributed by atoms with E-state index < -0.39 is 36.5 Å². The summed E-state index contributed by atoms with van der Waals surface area (Å²) in [6.07, 6.45) is -0.298. The van der Waals surface area contributed by atoms with Crippen LogP contribution in [0.1, 0.15) is 29.3 Å². The number of benzene rings is 1. The topological polar surface area (TPSA) is 144 Å². The van der Waals surface area contributed by atoms with Crippen LogP contribution in [-0.4, -0.2) is 51.0 Å². The van der Waals surface area contributed by atoms with Gasteiger partial charge in [-0.25, -0.2) is 4.79 Å². The Hall–Kier alpha value is -2.39. The summed E-state index contributed by atoms with van der Waals surface area (Å²) in [5, 5.41) is 39.5. The molecule has 0 aliphatic heterocycles. The Labute approximate surface area is 126 Å². The number of para-hydroxylation sites is 1. The Kier molecular flexibility index (Phi) is 6.08. The second-order valence-electron chi connectivity index (χ2n) is 4.59. The first-order valence-electron chi connectivity index (χ1n) is 6.51. The van der Waals surface area contributed by atoms with Crippen LogP contribution >= 0.6 is 0 Å². The third-order valence-electron chi connectivity index (χ3n) is 3.04. The van der Waals surface area contributed by atoms with Crippen molar-refractivity contribution < 1.29 is 34.6 Å². The van der Waals surface area contributed by atoms with E-state index in [-0.39, 0.29) is 24.0 Å². The molecule has 1 aromatic rings. The molecule has 22 heavy (non-hydrogen) atoms. The molecule has 8 nitrogen and oxygen atoms in total. The largest absolute Gasteiger partial charge is 0.507 e. The van der Waals surface area contributed by atoms with Gasteiger partial charge in [0.15, 0.2) is 0 Å². The Balaban J connectivity index is 2.97. The quantitative estimate of drug-likeness (QED) is 0.324. The lowest BCUT2D eigenvalue weighted by Gasteiger charge is -2.18. The zero-order valence-electron chi connectivity index (χ0n) is 11.8. The smallest absolute Gasteiger partial charge is 0.475 e. The number of rotatable bonds is 7. The van der Waals surface area contributed by atoms with E-state index in [0.717, 1.165) is 0 Å². The van der Waals surface area contributed by atoms with Gasteiger partial charge >= 0.3 is 13.1 Å². The number of phenols is 1. The lowest BCUT2D eigenvalue weighted by atomic mass is 9.75. The van der Waals surface area contributed by atoms with E-state index in [2.05, 4.69) is 5.32 Å². The zero-order valence-corrected chi connectivity index (χ0v) is 11.8. The second-order valence-corrected chi connectivity index (χ2v) is 4.59. The molecule has 0 aromatic heterocycles. The van der Waals surface area contributed by atoms with Gasteiger partial charge in [0, 0.05) is 6.42 Å². The highest BCUT2D eigenvalue weighted by atomic mass is 16.4. The number of amides is 1. The Morgan fingerprint density at radius 2 is 1.91 bits per heavy atom. The summed E-state index contributed by atoms with van der Waals surface area (Å²) in [7, 11) is -1.98. The van der Waals surface area contributed by atoms with Gasteiger partial charge in [-0.05, 0) is 18.1 Å². The normalized spacial score (nSPS) is 11.6. The van der Waals surface area contributed by atoms with Crippen molar-refractivity contribution >= 4 is 24.8 Å². The van der Waals surface area contributed by atoms with E-state index in [1.807, 2.05) is 0 Å². The summed E-state index contributed by atoms with van der Waals surface area (Å²) in [6, 6.07) is 3.94. The van der Waals surface area contributed by atoms with E-state index in [1.54, 1.807) is 0 Å². The molecule has 0 unspecified atom stereocenters. The maximum atomic E-state index is 11.5. The number of hydrogen-bond donors (Lipinski definition) is 5. The van der Waals surface area contributed by atoms with Crippen LogP contribution in [-0.2, 0) is 16.0 Å². The summed E-state index contributed by atoms with van der Waals surface area (Å²) >= 11 is 0. The highest BCUT2D eigenvalue weighted by Gasteiger charge is 2.29. The van der Waals surface area contributed by atoms with Gasteiger partial charge in [0.2, 0.25) is 5.78 Å². The fourth-order valence-corrected chi connectivity index (χ4v) is 1.81. The fraction of sp³-hybridized carbons (Fsp3) is 0.308. The van der Waals surface area contributed by atoms with Crippen molar-refractivity contribution in [3.63, 3.8) is 0 Å². The summed E-state index contributed by atoms with van der Waals surface area (Å²) in [6.45, 7) is 1.48. The first kappa shape index (κ1) is 17.7. The average molecular weight is 309 g/mol. The first-order chi connectivity index (χ1) is 10.3. The van der Waals surface area contributed by atoms with Crippen LogP contribution in [0.25, 0.3) is 0 Å². The van der Waals surface area contributed by atoms with Crippen LogP contribution in [0.5, 0.6) is 5.75 Å². The van der Waals surface area contributed by atoms with Gasteiger partial charge in [0.1, 0.15) is 11.3 Å².